The Labute approximate surface area is 81.0 Å². The Hall–Kier alpha value is -1.46. The Kier molecular flexibility index (Phi) is 2.43. The zero-order chi connectivity index (χ0) is 9.97. The van der Waals surface area contributed by atoms with Gasteiger partial charge >= 0.3 is 0 Å². The highest BCUT2D eigenvalue weighted by atomic mass is 16.6. The van der Waals surface area contributed by atoms with E-state index in [2.05, 4.69) is 9.97 Å². The van der Waals surface area contributed by atoms with Gasteiger partial charge in [0.1, 0.15) is 18.7 Å². The number of nitrogens with zero attached hydrogens (tertiary/aromatic N) is 3. The summed E-state index contributed by atoms with van der Waals surface area (Å²) in [6.07, 6.45) is 4.30. The lowest BCUT2D eigenvalue weighted by Gasteiger charge is -2.07. The molecular formula is C9H11N3O2. The van der Waals surface area contributed by atoms with Crippen LogP contribution in [-0.2, 0) is 11.5 Å². The van der Waals surface area contributed by atoms with Gasteiger partial charge in [-0.25, -0.2) is 9.97 Å². The lowest BCUT2D eigenvalue weighted by atomic mass is 10.4. The highest BCUT2D eigenvalue weighted by molar-refractivity contribution is 5.74. The Morgan fingerprint density at radius 3 is 3.29 bits per heavy atom. The standard InChI is InChI=1S/C9H11N3O2/c1-7(13)14-6-12-3-2-8-4-10-5-11-9(8)12/h2-5,7,13H,6H2,1H3. The first-order valence-corrected chi connectivity index (χ1v) is 4.32. The van der Waals surface area contributed by atoms with Gasteiger partial charge in [0.05, 0.1) is 0 Å². The van der Waals surface area contributed by atoms with Crippen molar-refractivity contribution >= 4 is 11.0 Å². The van der Waals surface area contributed by atoms with E-state index in [4.69, 9.17) is 9.84 Å². The second-order valence-corrected chi connectivity index (χ2v) is 2.98. The SMILES string of the molecule is CC(O)OCn1ccc2cncnc21. The van der Waals surface area contributed by atoms with E-state index in [1.54, 1.807) is 13.1 Å². The lowest BCUT2D eigenvalue weighted by molar-refractivity contribution is -0.111. The number of aliphatic hydroxyl groups excluding tert-OH is 1. The molecule has 1 N–H and O–H groups in total. The van der Waals surface area contributed by atoms with Gasteiger partial charge in [-0.2, -0.15) is 0 Å². The molecule has 0 aliphatic heterocycles. The fourth-order valence-corrected chi connectivity index (χ4v) is 1.22. The molecule has 2 rings (SSSR count). The molecule has 2 aromatic rings. The molecule has 0 radical (unpaired) electrons. The Bertz CT molecular complexity index is 425. The van der Waals surface area contributed by atoms with E-state index in [0.717, 1.165) is 11.0 Å². The monoisotopic (exact) mass is 193 g/mol. The van der Waals surface area contributed by atoms with Crippen LogP contribution in [0, 0.1) is 0 Å². The van der Waals surface area contributed by atoms with Crippen LogP contribution in [0.25, 0.3) is 11.0 Å². The van der Waals surface area contributed by atoms with Crippen LogP contribution in [0.2, 0.25) is 0 Å². The second kappa shape index (κ2) is 3.73. The molecule has 0 aromatic carbocycles. The highest BCUT2D eigenvalue weighted by Gasteiger charge is 2.02. The van der Waals surface area contributed by atoms with Crippen LogP contribution >= 0.6 is 0 Å². The van der Waals surface area contributed by atoms with Crippen molar-refractivity contribution in [1.82, 2.24) is 14.5 Å². The van der Waals surface area contributed by atoms with Crippen molar-refractivity contribution in [2.75, 3.05) is 0 Å². The van der Waals surface area contributed by atoms with E-state index in [0.29, 0.717) is 0 Å². The Morgan fingerprint density at radius 1 is 1.64 bits per heavy atom. The lowest BCUT2D eigenvalue weighted by Crippen LogP contribution is -2.10. The zero-order valence-corrected chi connectivity index (χ0v) is 7.79. The van der Waals surface area contributed by atoms with Gasteiger partial charge in [-0.1, -0.05) is 0 Å². The van der Waals surface area contributed by atoms with Gasteiger partial charge in [-0.3, -0.25) is 0 Å². The van der Waals surface area contributed by atoms with Crippen molar-refractivity contribution in [3.63, 3.8) is 0 Å². The summed E-state index contributed by atoms with van der Waals surface area (Å²) >= 11 is 0. The topological polar surface area (TPSA) is 60.2 Å². The molecule has 2 aromatic heterocycles. The first kappa shape index (κ1) is 9.11. The van der Waals surface area contributed by atoms with Gasteiger partial charge in [0.2, 0.25) is 0 Å². The minimum absolute atomic E-state index is 0.290. The summed E-state index contributed by atoms with van der Waals surface area (Å²) < 4.78 is 6.86. The van der Waals surface area contributed by atoms with Crippen LogP contribution in [0.5, 0.6) is 0 Å². The predicted molar refractivity (Wildman–Crippen MR) is 50.3 cm³/mol. The quantitative estimate of drug-likeness (QED) is 0.730. The van der Waals surface area contributed by atoms with Gasteiger partial charge in [-0.05, 0) is 13.0 Å². The van der Waals surface area contributed by atoms with E-state index < -0.39 is 6.29 Å². The fourth-order valence-electron chi connectivity index (χ4n) is 1.22. The Balaban J connectivity index is 2.25. The predicted octanol–water partition coefficient (Wildman–Crippen LogP) is 0.744. The van der Waals surface area contributed by atoms with E-state index in [1.807, 2.05) is 16.8 Å². The van der Waals surface area contributed by atoms with Crippen molar-refractivity contribution in [2.24, 2.45) is 0 Å². The smallest absolute Gasteiger partial charge is 0.154 e. The largest absolute Gasteiger partial charge is 0.368 e. The summed E-state index contributed by atoms with van der Waals surface area (Å²) in [7, 11) is 0. The first-order chi connectivity index (χ1) is 6.77. The minimum Gasteiger partial charge on any atom is -0.368 e. The molecule has 2 heterocycles. The van der Waals surface area contributed by atoms with Gasteiger partial charge in [0.25, 0.3) is 0 Å². The molecule has 0 spiro atoms. The molecule has 1 unspecified atom stereocenters. The van der Waals surface area contributed by atoms with Crippen LogP contribution < -0.4 is 0 Å². The van der Waals surface area contributed by atoms with E-state index in [-0.39, 0.29) is 6.73 Å². The van der Waals surface area contributed by atoms with Gasteiger partial charge in [0, 0.05) is 17.8 Å². The van der Waals surface area contributed by atoms with Crippen molar-refractivity contribution in [3.8, 4) is 0 Å². The maximum atomic E-state index is 8.95. The van der Waals surface area contributed by atoms with Crippen molar-refractivity contribution < 1.29 is 9.84 Å². The average molecular weight is 193 g/mol. The third-order valence-electron chi connectivity index (χ3n) is 1.88. The highest BCUT2D eigenvalue weighted by Crippen LogP contribution is 2.10. The van der Waals surface area contributed by atoms with Crippen LogP contribution in [0.15, 0.2) is 24.8 Å². The summed E-state index contributed by atoms with van der Waals surface area (Å²) in [5.41, 5.74) is 0.806. The van der Waals surface area contributed by atoms with E-state index in [9.17, 15) is 0 Å². The molecule has 0 saturated heterocycles. The van der Waals surface area contributed by atoms with Gasteiger partial charge in [0.15, 0.2) is 6.29 Å². The molecule has 0 aliphatic rings. The minimum atomic E-state index is -0.769. The van der Waals surface area contributed by atoms with Crippen molar-refractivity contribution in [1.29, 1.82) is 0 Å². The molecule has 5 nitrogen and oxygen atoms in total. The maximum absolute atomic E-state index is 8.95. The third-order valence-corrected chi connectivity index (χ3v) is 1.88. The van der Waals surface area contributed by atoms with Gasteiger partial charge < -0.3 is 14.4 Å². The van der Waals surface area contributed by atoms with Crippen LogP contribution in [-0.4, -0.2) is 25.9 Å². The summed E-state index contributed by atoms with van der Waals surface area (Å²) in [6, 6.07) is 1.90. The molecule has 0 saturated carbocycles. The number of hydrogen-bond acceptors (Lipinski definition) is 4. The molecule has 1 atom stereocenters. The first-order valence-electron chi connectivity index (χ1n) is 4.32. The van der Waals surface area contributed by atoms with E-state index in [1.165, 1.54) is 6.33 Å². The summed E-state index contributed by atoms with van der Waals surface area (Å²) in [4.78, 5) is 8.02. The molecule has 0 fully saturated rings. The van der Waals surface area contributed by atoms with Crippen LogP contribution in [0.3, 0.4) is 0 Å². The Morgan fingerprint density at radius 2 is 2.50 bits per heavy atom. The third kappa shape index (κ3) is 1.73. The summed E-state index contributed by atoms with van der Waals surface area (Å²) in [5.74, 6) is 0. The number of aliphatic hydroxyl groups is 1. The van der Waals surface area contributed by atoms with E-state index >= 15 is 0 Å². The molecule has 0 aliphatic carbocycles. The van der Waals surface area contributed by atoms with Crippen LogP contribution in [0.1, 0.15) is 6.92 Å². The summed E-state index contributed by atoms with van der Waals surface area (Å²) in [5, 5.41) is 9.91. The molecule has 5 heteroatoms. The number of ether oxygens (including phenoxy) is 1. The van der Waals surface area contributed by atoms with Crippen LogP contribution in [0.4, 0.5) is 0 Å². The second-order valence-electron chi connectivity index (χ2n) is 2.98. The number of aromatic nitrogens is 3. The zero-order valence-electron chi connectivity index (χ0n) is 7.79. The number of fused-ring (bicyclic) bond motifs is 1. The number of hydrogen-bond donors (Lipinski definition) is 1. The summed E-state index contributed by atoms with van der Waals surface area (Å²) in [6.45, 7) is 1.86. The van der Waals surface area contributed by atoms with Crippen molar-refractivity contribution in [2.45, 2.75) is 19.9 Å². The van der Waals surface area contributed by atoms with Gasteiger partial charge in [-0.15, -0.1) is 0 Å². The molecule has 14 heavy (non-hydrogen) atoms. The molecular weight excluding hydrogens is 182 g/mol. The normalized spacial score (nSPS) is 13.3. The average Bonchev–Trinajstić information content (AvgIpc) is 2.58. The maximum Gasteiger partial charge on any atom is 0.154 e. The molecule has 0 amide bonds. The number of rotatable bonds is 3. The fraction of sp³-hybridized carbons (Fsp3) is 0.333. The molecule has 0 bridgehead atoms. The molecule has 74 valence electrons. The van der Waals surface area contributed by atoms with Crippen molar-refractivity contribution in [3.05, 3.63) is 24.8 Å².